The maximum Gasteiger partial charge on any atom is 0.251 e. The molecule has 8 heteroatoms. The number of rotatable bonds is 7. The zero-order valence-electron chi connectivity index (χ0n) is 16.2. The van der Waals surface area contributed by atoms with Gasteiger partial charge in [-0.05, 0) is 48.9 Å². The standard InChI is InChI=1S/C19H29N3O4S/c1-4-9-20-18(23)11-21-19(24)16-5-7-17(8-6-16)27(25,26)22-12-14(2)10-15(3)13-22/h5-8,14-15H,4,9-13H2,1-3H3,(H,20,23)(H,21,24)/t14-,15-/m1/s1. The number of nitrogens with one attached hydrogen (secondary N) is 2. The van der Waals surface area contributed by atoms with Gasteiger partial charge in [-0.15, -0.1) is 0 Å². The van der Waals surface area contributed by atoms with Gasteiger partial charge < -0.3 is 10.6 Å². The molecular formula is C19H29N3O4S. The molecule has 0 saturated carbocycles. The third kappa shape index (κ3) is 5.77. The predicted octanol–water partition coefficient (Wildman–Crippen LogP) is 1.61. The lowest BCUT2D eigenvalue weighted by Crippen LogP contribution is -2.42. The molecule has 7 nitrogen and oxygen atoms in total. The van der Waals surface area contributed by atoms with Gasteiger partial charge >= 0.3 is 0 Å². The summed E-state index contributed by atoms with van der Waals surface area (Å²) in [6, 6.07) is 5.85. The van der Waals surface area contributed by atoms with Crippen molar-refractivity contribution in [2.45, 2.75) is 38.5 Å². The van der Waals surface area contributed by atoms with Gasteiger partial charge in [0.25, 0.3) is 5.91 Å². The molecule has 1 saturated heterocycles. The number of hydrogen-bond donors (Lipinski definition) is 2. The molecular weight excluding hydrogens is 366 g/mol. The van der Waals surface area contributed by atoms with Crippen LogP contribution >= 0.6 is 0 Å². The van der Waals surface area contributed by atoms with Crippen molar-refractivity contribution in [3.05, 3.63) is 29.8 Å². The van der Waals surface area contributed by atoms with Crippen LogP contribution < -0.4 is 10.6 Å². The van der Waals surface area contributed by atoms with Gasteiger partial charge in [-0.2, -0.15) is 4.31 Å². The van der Waals surface area contributed by atoms with Crippen molar-refractivity contribution in [3.8, 4) is 0 Å². The molecule has 1 aromatic rings. The van der Waals surface area contributed by atoms with E-state index in [-0.39, 0.29) is 17.3 Å². The number of piperidine rings is 1. The first-order valence-electron chi connectivity index (χ1n) is 9.39. The van der Waals surface area contributed by atoms with Crippen LogP contribution in [0.4, 0.5) is 0 Å². The van der Waals surface area contributed by atoms with E-state index in [4.69, 9.17) is 0 Å². The third-order valence-electron chi connectivity index (χ3n) is 4.57. The second-order valence-corrected chi connectivity index (χ2v) is 9.26. The first-order valence-corrected chi connectivity index (χ1v) is 10.8. The summed E-state index contributed by atoms with van der Waals surface area (Å²) in [5.41, 5.74) is 0.317. The Morgan fingerprint density at radius 3 is 2.22 bits per heavy atom. The Labute approximate surface area is 161 Å². The number of benzene rings is 1. The fraction of sp³-hybridized carbons (Fsp3) is 0.579. The van der Waals surface area contributed by atoms with Crippen LogP contribution in [0.2, 0.25) is 0 Å². The molecule has 2 N–H and O–H groups in total. The Hall–Kier alpha value is -1.93. The molecule has 1 aromatic carbocycles. The zero-order chi connectivity index (χ0) is 20.0. The molecule has 2 atom stereocenters. The van der Waals surface area contributed by atoms with E-state index >= 15 is 0 Å². The van der Waals surface area contributed by atoms with Crippen LogP contribution in [-0.4, -0.2) is 50.7 Å². The van der Waals surface area contributed by atoms with Crippen LogP contribution in [0.5, 0.6) is 0 Å². The monoisotopic (exact) mass is 395 g/mol. The summed E-state index contributed by atoms with van der Waals surface area (Å²) in [7, 11) is -3.57. The molecule has 1 fully saturated rings. The van der Waals surface area contributed by atoms with Crippen LogP contribution in [-0.2, 0) is 14.8 Å². The minimum Gasteiger partial charge on any atom is -0.355 e. The average molecular weight is 396 g/mol. The molecule has 1 heterocycles. The van der Waals surface area contributed by atoms with Gasteiger partial charge in [0.15, 0.2) is 0 Å². The second-order valence-electron chi connectivity index (χ2n) is 7.33. The van der Waals surface area contributed by atoms with E-state index in [0.717, 1.165) is 12.8 Å². The van der Waals surface area contributed by atoms with E-state index in [1.54, 1.807) is 0 Å². The highest BCUT2D eigenvalue weighted by Crippen LogP contribution is 2.26. The van der Waals surface area contributed by atoms with E-state index in [9.17, 15) is 18.0 Å². The molecule has 0 aromatic heterocycles. The van der Waals surface area contributed by atoms with Crippen molar-refractivity contribution >= 4 is 21.8 Å². The smallest absolute Gasteiger partial charge is 0.251 e. The number of amides is 2. The van der Waals surface area contributed by atoms with Crippen molar-refractivity contribution in [1.82, 2.24) is 14.9 Å². The largest absolute Gasteiger partial charge is 0.355 e. The van der Waals surface area contributed by atoms with Gasteiger partial charge in [-0.25, -0.2) is 8.42 Å². The second kappa shape index (κ2) is 9.32. The minimum absolute atomic E-state index is 0.109. The molecule has 2 rings (SSSR count). The van der Waals surface area contributed by atoms with Gasteiger partial charge in [-0.1, -0.05) is 20.8 Å². The first-order chi connectivity index (χ1) is 12.7. The molecule has 27 heavy (non-hydrogen) atoms. The lowest BCUT2D eigenvalue weighted by molar-refractivity contribution is -0.120. The summed E-state index contributed by atoms with van der Waals surface area (Å²) in [5, 5.41) is 5.20. The number of hydrogen-bond acceptors (Lipinski definition) is 4. The lowest BCUT2D eigenvalue weighted by Gasteiger charge is -2.34. The van der Waals surface area contributed by atoms with E-state index < -0.39 is 15.9 Å². The fourth-order valence-corrected chi connectivity index (χ4v) is 5.00. The van der Waals surface area contributed by atoms with Gasteiger partial charge in [0.2, 0.25) is 15.9 Å². The Balaban J connectivity index is 2.01. The van der Waals surface area contributed by atoms with Crippen LogP contribution in [0.15, 0.2) is 29.2 Å². The highest BCUT2D eigenvalue weighted by atomic mass is 32.2. The minimum atomic E-state index is -3.57. The molecule has 2 amide bonds. The zero-order valence-corrected chi connectivity index (χ0v) is 17.0. The number of sulfonamides is 1. The van der Waals surface area contributed by atoms with Crippen LogP contribution in [0.3, 0.4) is 0 Å². The van der Waals surface area contributed by atoms with Crippen LogP contribution in [0, 0.1) is 11.8 Å². The molecule has 150 valence electrons. The highest BCUT2D eigenvalue weighted by Gasteiger charge is 2.31. The molecule has 1 aliphatic rings. The maximum absolute atomic E-state index is 12.8. The quantitative estimate of drug-likeness (QED) is 0.733. The fourth-order valence-electron chi connectivity index (χ4n) is 3.32. The number of carbonyl (C=O) groups is 2. The summed E-state index contributed by atoms with van der Waals surface area (Å²) >= 11 is 0. The van der Waals surface area contributed by atoms with Gasteiger partial charge in [0, 0.05) is 25.2 Å². The van der Waals surface area contributed by atoms with Gasteiger partial charge in [0.05, 0.1) is 11.4 Å². The molecule has 0 spiro atoms. The van der Waals surface area contributed by atoms with Crippen LogP contribution in [0.25, 0.3) is 0 Å². The van der Waals surface area contributed by atoms with Gasteiger partial charge in [-0.3, -0.25) is 9.59 Å². The average Bonchev–Trinajstić information content (AvgIpc) is 2.63. The summed E-state index contributed by atoms with van der Waals surface area (Å²) in [6.45, 7) is 7.55. The van der Waals surface area contributed by atoms with Crippen molar-refractivity contribution in [2.75, 3.05) is 26.2 Å². The van der Waals surface area contributed by atoms with E-state index in [0.29, 0.717) is 37.0 Å². The summed E-state index contributed by atoms with van der Waals surface area (Å²) in [5.74, 6) is -0.0107. The SMILES string of the molecule is CCCNC(=O)CNC(=O)c1ccc(S(=O)(=O)N2C[C@H](C)C[C@@H](C)C2)cc1. The van der Waals surface area contributed by atoms with Crippen molar-refractivity contribution < 1.29 is 18.0 Å². The third-order valence-corrected chi connectivity index (χ3v) is 6.42. The highest BCUT2D eigenvalue weighted by molar-refractivity contribution is 7.89. The predicted molar refractivity (Wildman–Crippen MR) is 104 cm³/mol. The summed E-state index contributed by atoms with van der Waals surface area (Å²) < 4.78 is 27.2. The van der Waals surface area contributed by atoms with E-state index in [2.05, 4.69) is 24.5 Å². The molecule has 0 radical (unpaired) electrons. The Kier molecular flexibility index (Phi) is 7.38. The number of carbonyl (C=O) groups excluding carboxylic acids is 2. The topological polar surface area (TPSA) is 95.6 Å². The molecule has 0 unspecified atom stereocenters. The lowest BCUT2D eigenvalue weighted by atomic mass is 9.94. The Morgan fingerprint density at radius 2 is 1.67 bits per heavy atom. The molecule has 1 aliphatic heterocycles. The van der Waals surface area contributed by atoms with Crippen molar-refractivity contribution in [2.24, 2.45) is 11.8 Å². The van der Waals surface area contributed by atoms with E-state index in [1.165, 1.54) is 28.6 Å². The summed E-state index contributed by atoms with van der Waals surface area (Å²) in [6.07, 6.45) is 1.85. The summed E-state index contributed by atoms with van der Waals surface area (Å²) in [4.78, 5) is 23.8. The maximum atomic E-state index is 12.8. The van der Waals surface area contributed by atoms with Crippen molar-refractivity contribution in [3.63, 3.8) is 0 Å². The van der Waals surface area contributed by atoms with E-state index in [1.807, 2.05) is 6.92 Å². The van der Waals surface area contributed by atoms with Gasteiger partial charge in [0.1, 0.15) is 0 Å². The Bertz CT molecular complexity index is 752. The van der Waals surface area contributed by atoms with Crippen molar-refractivity contribution in [1.29, 1.82) is 0 Å². The molecule has 0 bridgehead atoms. The number of nitrogens with zero attached hydrogens (tertiary/aromatic N) is 1. The van der Waals surface area contributed by atoms with Crippen LogP contribution in [0.1, 0.15) is 44.0 Å². The molecule has 0 aliphatic carbocycles. The normalized spacial score (nSPS) is 20.9. The first kappa shape index (κ1) is 21.4. The Morgan fingerprint density at radius 1 is 1.07 bits per heavy atom.